The highest BCUT2D eigenvalue weighted by molar-refractivity contribution is 9.10. The molecule has 14 heavy (non-hydrogen) atoms. The number of benzene rings is 1. The Labute approximate surface area is 93.3 Å². The Bertz CT molecular complexity index is 359. The summed E-state index contributed by atoms with van der Waals surface area (Å²) in [5.74, 6) is 0. The van der Waals surface area contributed by atoms with Gasteiger partial charge < -0.3 is 5.11 Å². The van der Waals surface area contributed by atoms with Crippen LogP contribution >= 0.6 is 15.9 Å². The van der Waals surface area contributed by atoms with E-state index in [1.165, 1.54) is 5.56 Å². The van der Waals surface area contributed by atoms with Crippen LogP contribution in [0.3, 0.4) is 0 Å². The van der Waals surface area contributed by atoms with Gasteiger partial charge in [-0.3, -0.25) is 0 Å². The van der Waals surface area contributed by atoms with E-state index in [2.05, 4.69) is 35.8 Å². The van der Waals surface area contributed by atoms with E-state index in [1.54, 1.807) is 0 Å². The number of hydrogen-bond acceptors (Lipinski definition) is 1. The molecule has 1 atom stereocenters. The summed E-state index contributed by atoms with van der Waals surface area (Å²) in [4.78, 5) is 0. The molecule has 1 aliphatic rings. The van der Waals surface area contributed by atoms with Crippen LogP contribution in [0.2, 0.25) is 0 Å². The molecule has 0 aromatic heterocycles. The van der Waals surface area contributed by atoms with Gasteiger partial charge in [-0.05, 0) is 23.5 Å². The summed E-state index contributed by atoms with van der Waals surface area (Å²) >= 11 is 3.55. The molecule has 1 N–H and O–H groups in total. The first-order valence-corrected chi connectivity index (χ1v) is 5.69. The summed E-state index contributed by atoms with van der Waals surface area (Å²) in [6.07, 6.45) is 1.07. The third-order valence-electron chi connectivity index (χ3n) is 3.57. The van der Waals surface area contributed by atoms with Crippen molar-refractivity contribution in [2.75, 3.05) is 6.61 Å². The number of rotatable bonds is 2. The number of aliphatic hydroxyl groups excluding tert-OH is 1. The zero-order valence-corrected chi connectivity index (χ0v) is 10.1. The third kappa shape index (κ3) is 1.24. The minimum Gasteiger partial charge on any atom is -0.395 e. The van der Waals surface area contributed by atoms with E-state index in [0.29, 0.717) is 0 Å². The molecule has 0 aliphatic heterocycles. The largest absolute Gasteiger partial charge is 0.395 e. The Morgan fingerprint density at radius 3 is 2.36 bits per heavy atom. The second-order valence-electron chi connectivity index (χ2n) is 4.78. The fourth-order valence-corrected chi connectivity index (χ4v) is 3.04. The fourth-order valence-electron chi connectivity index (χ4n) is 2.37. The number of halogens is 1. The zero-order chi connectivity index (χ0) is 10.4. The number of hydrogen-bond donors (Lipinski definition) is 1. The predicted molar refractivity (Wildman–Crippen MR) is 61.3 cm³/mol. The van der Waals surface area contributed by atoms with Crippen LogP contribution in [0.15, 0.2) is 28.7 Å². The lowest BCUT2D eigenvalue weighted by molar-refractivity contribution is 0.231. The molecular weight excluding hydrogens is 240 g/mol. The second kappa shape index (κ2) is 3.07. The van der Waals surface area contributed by atoms with E-state index in [9.17, 15) is 5.11 Å². The molecule has 0 radical (unpaired) electrons. The van der Waals surface area contributed by atoms with E-state index in [4.69, 9.17) is 0 Å². The highest BCUT2D eigenvalue weighted by atomic mass is 79.9. The van der Waals surface area contributed by atoms with Crippen LogP contribution in [0, 0.1) is 5.41 Å². The van der Waals surface area contributed by atoms with Crippen molar-refractivity contribution in [2.24, 2.45) is 5.41 Å². The van der Waals surface area contributed by atoms with Gasteiger partial charge >= 0.3 is 0 Å². The minimum absolute atomic E-state index is 0.0207. The zero-order valence-electron chi connectivity index (χ0n) is 8.55. The lowest BCUT2D eigenvalue weighted by Crippen LogP contribution is -2.19. The van der Waals surface area contributed by atoms with Gasteiger partial charge in [0.1, 0.15) is 0 Å². The normalized spacial score (nSPS) is 28.9. The molecule has 1 unspecified atom stereocenters. The van der Waals surface area contributed by atoms with Gasteiger partial charge in [-0.25, -0.2) is 0 Å². The molecule has 2 rings (SSSR count). The van der Waals surface area contributed by atoms with Crippen molar-refractivity contribution in [3.05, 3.63) is 34.3 Å². The second-order valence-corrected chi connectivity index (χ2v) is 5.64. The van der Waals surface area contributed by atoms with Gasteiger partial charge in [0.2, 0.25) is 0 Å². The lowest BCUT2D eigenvalue weighted by atomic mass is 9.89. The average Bonchev–Trinajstić information content (AvgIpc) is 2.70. The molecule has 1 aromatic carbocycles. The van der Waals surface area contributed by atoms with Crippen LogP contribution in [0.25, 0.3) is 0 Å². The van der Waals surface area contributed by atoms with Crippen molar-refractivity contribution >= 4 is 15.9 Å². The predicted octanol–water partition coefficient (Wildman–Crippen LogP) is 3.11. The maximum atomic E-state index is 9.55. The molecule has 76 valence electrons. The molecule has 1 nitrogen and oxygen atoms in total. The van der Waals surface area contributed by atoms with Gasteiger partial charge in [0, 0.05) is 9.89 Å². The Morgan fingerprint density at radius 2 is 1.93 bits per heavy atom. The smallest absolute Gasteiger partial charge is 0.0533 e. The van der Waals surface area contributed by atoms with E-state index >= 15 is 0 Å². The van der Waals surface area contributed by atoms with E-state index in [1.807, 2.05) is 18.2 Å². The molecule has 0 bridgehead atoms. The van der Waals surface area contributed by atoms with E-state index < -0.39 is 0 Å². The van der Waals surface area contributed by atoms with Crippen LogP contribution in [0.4, 0.5) is 0 Å². The molecule has 0 saturated heterocycles. The first-order valence-electron chi connectivity index (χ1n) is 4.89. The monoisotopic (exact) mass is 254 g/mol. The van der Waals surface area contributed by atoms with Crippen LogP contribution in [0.1, 0.15) is 25.8 Å². The first-order chi connectivity index (χ1) is 6.53. The molecule has 0 spiro atoms. The van der Waals surface area contributed by atoms with Gasteiger partial charge in [-0.15, -0.1) is 0 Å². The highest BCUT2D eigenvalue weighted by Gasteiger charge is 2.62. The molecular formula is C12H15BrO. The maximum Gasteiger partial charge on any atom is 0.0533 e. The molecule has 1 saturated carbocycles. The number of aliphatic hydroxyl groups is 1. The Hall–Kier alpha value is -0.340. The van der Waals surface area contributed by atoms with Crippen LogP contribution in [-0.2, 0) is 5.41 Å². The SMILES string of the molecule is CC1(C)CC1(CO)c1ccccc1Br. The molecule has 0 amide bonds. The lowest BCUT2D eigenvalue weighted by Gasteiger charge is -2.19. The topological polar surface area (TPSA) is 20.2 Å². The first kappa shape index (κ1) is 10.2. The van der Waals surface area contributed by atoms with Crippen LogP contribution in [-0.4, -0.2) is 11.7 Å². The average molecular weight is 255 g/mol. The Morgan fingerprint density at radius 1 is 1.36 bits per heavy atom. The van der Waals surface area contributed by atoms with Crippen molar-refractivity contribution in [1.29, 1.82) is 0 Å². The summed E-state index contributed by atoms with van der Waals surface area (Å²) < 4.78 is 1.11. The summed E-state index contributed by atoms with van der Waals surface area (Å²) in [6.45, 7) is 4.66. The summed E-state index contributed by atoms with van der Waals surface area (Å²) in [5.41, 5.74) is 1.45. The summed E-state index contributed by atoms with van der Waals surface area (Å²) in [7, 11) is 0. The van der Waals surface area contributed by atoms with Gasteiger partial charge in [-0.2, -0.15) is 0 Å². The Kier molecular flexibility index (Phi) is 2.24. The fraction of sp³-hybridized carbons (Fsp3) is 0.500. The third-order valence-corrected chi connectivity index (χ3v) is 4.27. The maximum absolute atomic E-state index is 9.55. The van der Waals surface area contributed by atoms with E-state index in [0.717, 1.165) is 10.9 Å². The quantitative estimate of drug-likeness (QED) is 0.860. The van der Waals surface area contributed by atoms with Gasteiger partial charge in [0.05, 0.1) is 6.61 Å². The van der Waals surface area contributed by atoms with Crippen molar-refractivity contribution < 1.29 is 5.11 Å². The van der Waals surface area contributed by atoms with Crippen LogP contribution < -0.4 is 0 Å². The van der Waals surface area contributed by atoms with Crippen LogP contribution in [0.5, 0.6) is 0 Å². The van der Waals surface area contributed by atoms with Crippen molar-refractivity contribution in [3.8, 4) is 0 Å². The highest BCUT2D eigenvalue weighted by Crippen LogP contribution is 2.64. The van der Waals surface area contributed by atoms with Gasteiger partial charge in [0.15, 0.2) is 0 Å². The standard InChI is InChI=1S/C12H15BrO/c1-11(2)7-12(11,8-14)9-5-3-4-6-10(9)13/h3-6,14H,7-8H2,1-2H3. The molecule has 1 fully saturated rings. The van der Waals surface area contributed by atoms with Gasteiger partial charge in [0.25, 0.3) is 0 Å². The Balaban J connectivity index is 2.46. The minimum atomic E-state index is -0.0207. The molecule has 0 heterocycles. The molecule has 1 aromatic rings. The van der Waals surface area contributed by atoms with Crippen molar-refractivity contribution in [1.82, 2.24) is 0 Å². The summed E-state index contributed by atoms with van der Waals surface area (Å²) in [5, 5.41) is 9.55. The van der Waals surface area contributed by atoms with E-state index in [-0.39, 0.29) is 17.4 Å². The van der Waals surface area contributed by atoms with Gasteiger partial charge in [-0.1, -0.05) is 48.0 Å². The van der Waals surface area contributed by atoms with Crippen molar-refractivity contribution in [3.63, 3.8) is 0 Å². The summed E-state index contributed by atoms with van der Waals surface area (Å²) in [6, 6.07) is 8.19. The molecule has 1 aliphatic carbocycles. The van der Waals surface area contributed by atoms with Crippen molar-refractivity contribution in [2.45, 2.75) is 25.7 Å². The molecule has 2 heteroatoms.